The molecule has 0 aliphatic carbocycles. The molecule has 1 aliphatic rings. The predicted molar refractivity (Wildman–Crippen MR) is 110 cm³/mol. The van der Waals surface area contributed by atoms with Gasteiger partial charge in [-0.15, -0.1) is 11.8 Å². The first-order chi connectivity index (χ1) is 12.4. The standard InChI is InChI=1S/C22H28N2OS/c1-16-9-10-19(26-4)13-20(16)21(25)23-15-22(2,3)24-12-11-17-7-5-6-8-18(17)14-24/h5-10,13H,11-12,14-15H2,1-4H3,(H,23,25). The number of amides is 1. The van der Waals surface area contributed by atoms with E-state index in [-0.39, 0.29) is 11.4 Å². The van der Waals surface area contributed by atoms with Crippen molar-refractivity contribution in [2.45, 2.75) is 44.2 Å². The van der Waals surface area contributed by atoms with Gasteiger partial charge in [-0.1, -0.05) is 30.3 Å². The lowest BCUT2D eigenvalue weighted by Crippen LogP contribution is -2.53. The lowest BCUT2D eigenvalue weighted by atomic mass is 9.94. The van der Waals surface area contributed by atoms with E-state index in [2.05, 4.69) is 54.4 Å². The minimum Gasteiger partial charge on any atom is -0.350 e. The Balaban J connectivity index is 1.66. The van der Waals surface area contributed by atoms with Crippen LogP contribution in [0.2, 0.25) is 0 Å². The highest BCUT2D eigenvalue weighted by Crippen LogP contribution is 2.25. The third-order valence-electron chi connectivity index (χ3n) is 5.36. The molecule has 0 saturated heterocycles. The van der Waals surface area contributed by atoms with Gasteiger partial charge < -0.3 is 5.32 Å². The first kappa shape index (κ1) is 19.0. The largest absolute Gasteiger partial charge is 0.350 e. The summed E-state index contributed by atoms with van der Waals surface area (Å²) in [6, 6.07) is 14.7. The Morgan fingerprint density at radius 3 is 2.65 bits per heavy atom. The molecule has 1 aliphatic heterocycles. The maximum atomic E-state index is 12.7. The van der Waals surface area contributed by atoms with Crippen LogP contribution in [0, 0.1) is 6.92 Å². The third-order valence-corrected chi connectivity index (χ3v) is 6.08. The number of aryl methyl sites for hydroxylation is 1. The van der Waals surface area contributed by atoms with Crippen LogP contribution in [0.25, 0.3) is 0 Å². The van der Waals surface area contributed by atoms with E-state index in [1.807, 2.05) is 25.3 Å². The summed E-state index contributed by atoms with van der Waals surface area (Å²) in [6.45, 7) is 9.03. The van der Waals surface area contributed by atoms with Gasteiger partial charge in [0.05, 0.1) is 0 Å². The number of carbonyl (C=O) groups is 1. The number of hydrogen-bond acceptors (Lipinski definition) is 3. The van der Waals surface area contributed by atoms with Gasteiger partial charge in [0.25, 0.3) is 5.91 Å². The number of rotatable bonds is 5. The molecule has 1 N–H and O–H groups in total. The Morgan fingerprint density at radius 1 is 1.19 bits per heavy atom. The van der Waals surface area contributed by atoms with Gasteiger partial charge in [0.15, 0.2) is 0 Å². The summed E-state index contributed by atoms with van der Waals surface area (Å²) in [5.41, 5.74) is 4.56. The van der Waals surface area contributed by atoms with Crippen LogP contribution in [0.4, 0.5) is 0 Å². The highest BCUT2D eigenvalue weighted by atomic mass is 32.2. The highest BCUT2D eigenvalue weighted by Gasteiger charge is 2.30. The van der Waals surface area contributed by atoms with Crippen LogP contribution in [0.1, 0.15) is 40.9 Å². The minimum absolute atomic E-state index is 0.0175. The summed E-state index contributed by atoms with van der Waals surface area (Å²) in [5.74, 6) is 0.0175. The molecule has 1 heterocycles. The zero-order chi connectivity index (χ0) is 18.7. The minimum atomic E-state index is -0.0891. The van der Waals surface area contributed by atoms with Crippen molar-refractivity contribution in [1.29, 1.82) is 0 Å². The molecule has 0 spiro atoms. The van der Waals surface area contributed by atoms with Crippen LogP contribution in [-0.2, 0) is 13.0 Å². The van der Waals surface area contributed by atoms with E-state index in [9.17, 15) is 4.79 Å². The normalized spacial score (nSPS) is 14.8. The zero-order valence-electron chi connectivity index (χ0n) is 16.1. The topological polar surface area (TPSA) is 32.3 Å². The molecule has 3 nitrogen and oxygen atoms in total. The second-order valence-electron chi connectivity index (χ2n) is 7.62. The van der Waals surface area contributed by atoms with E-state index in [1.165, 1.54) is 11.1 Å². The summed E-state index contributed by atoms with van der Waals surface area (Å²) in [5, 5.41) is 3.16. The summed E-state index contributed by atoms with van der Waals surface area (Å²) < 4.78 is 0. The van der Waals surface area contributed by atoms with Crippen molar-refractivity contribution in [2.75, 3.05) is 19.3 Å². The van der Waals surface area contributed by atoms with Gasteiger partial charge in [-0.25, -0.2) is 0 Å². The Hall–Kier alpha value is -1.78. The Kier molecular flexibility index (Phi) is 5.73. The van der Waals surface area contributed by atoms with Gasteiger partial charge in [0.1, 0.15) is 0 Å². The molecule has 138 valence electrons. The molecule has 4 heteroatoms. The average Bonchev–Trinajstić information content (AvgIpc) is 2.66. The van der Waals surface area contributed by atoms with Crippen molar-refractivity contribution >= 4 is 17.7 Å². The molecule has 0 saturated carbocycles. The molecule has 3 rings (SSSR count). The van der Waals surface area contributed by atoms with Crippen molar-refractivity contribution in [3.63, 3.8) is 0 Å². The maximum Gasteiger partial charge on any atom is 0.251 e. The SMILES string of the molecule is CSc1ccc(C)c(C(=O)NCC(C)(C)N2CCc3ccccc3C2)c1. The Labute approximate surface area is 161 Å². The summed E-state index contributed by atoms with van der Waals surface area (Å²) >= 11 is 1.66. The van der Waals surface area contributed by atoms with E-state index in [0.717, 1.165) is 35.5 Å². The Bertz CT molecular complexity index is 800. The van der Waals surface area contributed by atoms with Gasteiger partial charge in [-0.3, -0.25) is 9.69 Å². The van der Waals surface area contributed by atoms with Gasteiger partial charge in [-0.05, 0) is 62.3 Å². The first-order valence-electron chi connectivity index (χ1n) is 9.15. The summed E-state index contributed by atoms with van der Waals surface area (Å²) in [4.78, 5) is 16.3. The quantitative estimate of drug-likeness (QED) is 0.800. The smallest absolute Gasteiger partial charge is 0.251 e. The Morgan fingerprint density at radius 2 is 1.92 bits per heavy atom. The highest BCUT2D eigenvalue weighted by molar-refractivity contribution is 7.98. The van der Waals surface area contributed by atoms with Crippen molar-refractivity contribution in [3.05, 3.63) is 64.7 Å². The zero-order valence-corrected chi connectivity index (χ0v) is 17.0. The average molecular weight is 369 g/mol. The predicted octanol–water partition coefficient (Wildman–Crippen LogP) is 4.28. The molecule has 0 fully saturated rings. The van der Waals surface area contributed by atoms with Crippen LogP contribution < -0.4 is 5.32 Å². The first-order valence-corrected chi connectivity index (χ1v) is 10.4. The number of hydrogen-bond donors (Lipinski definition) is 1. The lowest BCUT2D eigenvalue weighted by Gasteiger charge is -2.41. The van der Waals surface area contributed by atoms with Gasteiger partial charge >= 0.3 is 0 Å². The van der Waals surface area contributed by atoms with Crippen LogP contribution in [0.5, 0.6) is 0 Å². The van der Waals surface area contributed by atoms with Crippen LogP contribution in [0.3, 0.4) is 0 Å². The monoisotopic (exact) mass is 368 g/mol. The molecule has 1 amide bonds. The molecule has 0 atom stereocenters. The number of nitrogens with zero attached hydrogens (tertiary/aromatic N) is 1. The number of fused-ring (bicyclic) bond motifs is 1. The fraction of sp³-hybridized carbons (Fsp3) is 0.409. The second kappa shape index (κ2) is 7.85. The molecule has 26 heavy (non-hydrogen) atoms. The van der Waals surface area contributed by atoms with Crippen LogP contribution in [-0.4, -0.2) is 35.7 Å². The van der Waals surface area contributed by atoms with Gasteiger partial charge in [0.2, 0.25) is 0 Å². The van der Waals surface area contributed by atoms with Crippen molar-refractivity contribution < 1.29 is 4.79 Å². The van der Waals surface area contributed by atoms with E-state index in [0.29, 0.717) is 6.54 Å². The van der Waals surface area contributed by atoms with Crippen LogP contribution >= 0.6 is 11.8 Å². The molecule has 2 aromatic rings. The maximum absolute atomic E-state index is 12.7. The van der Waals surface area contributed by atoms with Crippen molar-refractivity contribution in [1.82, 2.24) is 10.2 Å². The molecular formula is C22H28N2OS. The van der Waals surface area contributed by atoms with Crippen molar-refractivity contribution in [2.24, 2.45) is 0 Å². The lowest BCUT2D eigenvalue weighted by molar-refractivity contribution is 0.0825. The number of thioether (sulfide) groups is 1. The van der Waals surface area contributed by atoms with E-state index in [1.54, 1.807) is 11.8 Å². The van der Waals surface area contributed by atoms with Gasteiger partial charge in [-0.2, -0.15) is 0 Å². The van der Waals surface area contributed by atoms with E-state index >= 15 is 0 Å². The number of carbonyl (C=O) groups excluding carboxylic acids is 1. The van der Waals surface area contributed by atoms with Crippen LogP contribution in [0.15, 0.2) is 47.4 Å². The molecular weight excluding hydrogens is 340 g/mol. The fourth-order valence-electron chi connectivity index (χ4n) is 3.49. The number of nitrogens with one attached hydrogen (secondary N) is 1. The molecule has 0 bridgehead atoms. The molecule has 0 radical (unpaired) electrons. The summed E-state index contributed by atoms with van der Waals surface area (Å²) in [6.07, 6.45) is 3.10. The van der Waals surface area contributed by atoms with E-state index < -0.39 is 0 Å². The molecule has 0 unspecified atom stereocenters. The molecule has 2 aromatic carbocycles. The fourth-order valence-corrected chi connectivity index (χ4v) is 3.93. The van der Waals surface area contributed by atoms with E-state index in [4.69, 9.17) is 0 Å². The third kappa shape index (κ3) is 4.13. The summed E-state index contributed by atoms with van der Waals surface area (Å²) in [7, 11) is 0. The molecule has 0 aromatic heterocycles. The van der Waals surface area contributed by atoms with Gasteiger partial charge in [0, 0.05) is 35.6 Å². The second-order valence-corrected chi connectivity index (χ2v) is 8.50. The number of benzene rings is 2. The van der Waals surface area contributed by atoms with Crippen molar-refractivity contribution in [3.8, 4) is 0 Å².